The van der Waals surface area contributed by atoms with Gasteiger partial charge in [-0.1, -0.05) is 47.7 Å². The van der Waals surface area contributed by atoms with Gasteiger partial charge in [-0.25, -0.2) is 4.98 Å². The fourth-order valence-corrected chi connectivity index (χ4v) is 4.91. The highest BCUT2D eigenvalue weighted by Gasteiger charge is 2.23. The molecule has 4 rings (SSSR count). The predicted molar refractivity (Wildman–Crippen MR) is 124 cm³/mol. The Morgan fingerprint density at radius 1 is 0.935 bits per heavy atom. The van der Waals surface area contributed by atoms with E-state index in [0.29, 0.717) is 16.2 Å². The second-order valence-corrected chi connectivity index (χ2v) is 8.36. The van der Waals surface area contributed by atoms with Gasteiger partial charge in [0.1, 0.15) is 28.5 Å². The maximum absolute atomic E-state index is 10.1. The van der Waals surface area contributed by atoms with Crippen molar-refractivity contribution in [1.29, 1.82) is 10.5 Å². The van der Waals surface area contributed by atoms with Crippen molar-refractivity contribution >= 4 is 28.5 Å². The summed E-state index contributed by atoms with van der Waals surface area (Å²) < 4.78 is 0. The lowest BCUT2D eigenvalue weighted by atomic mass is 9.94. The number of fused-ring (bicyclic) bond motifs is 1. The Labute approximate surface area is 185 Å². The number of nitrogens with two attached hydrogens (primary N) is 1. The number of nitrogen functional groups attached to an aromatic ring is 1. The molecule has 5 nitrogen and oxygen atoms in total. The zero-order chi connectivity index (χ0) is 22.1. The van der Waals surface area contributed by atoms with Crippen molar-refractivity contribution < 1.29 is 0 Å². The molecule has 0 radical (unpaired) electrons. The molecule has 2 N–H and O–H groups in total. The van der Waals surface area contributed by atoms with Gasteiger partial charge in [0.25, 0.3) is 0 Å². The third-order valence-electron chi connectivity index (χ3n) is 5.14. The molecular weight excluding hydrogens is 402 g/mol. The minimum atomic E-state index is 0.113. The van der Waals surface area contributed by atoms with Crippen molar-refractivity contribution in [3.05, 3.63) is 76.5 Å². The Morgan fingerprint density at radius 3 is 2.29 bits per heavy atom. The van der Waals surface area contributed by atoms with Gasteiger partial charge in [-0.2, -0.15) is 10.5 Å². The summed E-state index contributed by atoms with van der Waals surface area (Å²) >= 11 is 1.41. The molecule has 0 amide bonds. The number of nitriles is 2. The van der Waals surface area contributed by atoms with E-state index in [0.717, 1.165) is 32.5 Å². The Balaban J connectivity index is 2.02. The molecule has 0 aliphatic rings. The molecule has 0 unspecified atom stereocenters. The molecule has 0 saturated heterocycles. The summed E-state index contributed by atoms with van der Waals surface area (Å²) in [6.45, 7) is 6.14. The number of nitrogens with zero attached hydrogens (tertiary/aromatic N) is 4. The summed E-state index contributed by atoms with van der Waals surface area (Å²) in [6.07, 6.45) is 1.68. The zero-order valence-corrected chi connectivity index (χ0v) is 18.2. The van der Waals surface area contributed by atoms with Crippen LogP contribution in [0.5, 0.6) is 0 Å². The summed E-state index contributed by atoms with van der Waals surface area (Å²) in [7, 11) is 0. The van der Waals surface area contributed by atoms with Crippen LogP contribution in [0.15, 0.2) is 58.6 Å². The van der Waals surface area contributed by atoms with Gasteiger partial charge < -0.3 is 5.73 Å². The number of pyridine rings is 2. The van der Waals surface area contributed by atoms with Crippen molar-refractivity contribution in [3.63, 3.8) is 0 Å². The molecule has 2 aromatic heterocycles. The first kappa shape index (κ1) is 20.4. The largest absolute Gasteiger partial charge is 0.383 e. The lowest BCUT2D eigenvalue weighted by Crippen LogP contribution is -2.04. The first-order valence-electron chi connectivity index (χ1n) is 9.68. The number of aromatic nitrogens is 2. The molecule has 2 aromatic carbocycles. The molecule has 0 aliphatic carbocycles. The van der Waals surface area contributed by atoms with Crippen LogP contribution in [0.3, 0.4) is 0 Å². The van der Waals surface area contributed by atoms with Gasteiger partial charge in [-0.15, -0.1) is 0 Å². The molecule has 2 heterocycles. The average Bonchev–Trinajstić information content (AvgIpc) is 2.75. The highest BCUT2D eigenvalue weighted by molar-refractivity contribution is 7.99. The number of benzene rings is 2. The second-order valence-electron chi connectivity index (χ2n) is 7.36. The number of para-hydroxylation sites is 1. The van der Waals surface area contributed by atoms with Crippen molar-refractivity contribution in [2.45, 2.75) is 30.7 Å². The summed E-state index contributed by atoms with van der Waals surface area (Å²) in [4.78, 5) is 9.90. The molecule has 0 saturated carbocycles. The van der Waals surface area contributed by atoms with E-state index >= 15 is 0 Å². The van der Waals surface area contributed by atoms with Gasteiger partial charge in [-0.05, 0) is 49.6 Å². The first-order valence-corrected chi connectivity index (χ1v) is 10.5. The highest BCUT2D eigenvalue weighted by Crippen LogP contribution is 2.41. The van der Waals surface area contributed by atoms with Crippen LogP contribution in [0.4, 0.5) is 5.82 Å². The van der Waals surface area contributed by atoms with E-state index in [2.05, 4.69) is 41.2 Å². The minimum absolute atomic E-state index is 0.113. The molecule has 4 aromatic rings. The lowest BCUT2D eigenvalue weighted by Gasteiger charge is -2.16. The molecule has 0 spiro atoms. The molecule has 0 atom stereocenters. The molecular formula is C25H19N5S. The van der Waals surface area contributed by atoms with E-state index in [9.17, 15) is 10.5 Å². The first-order chi connectivity index (χ1) is 14.9. The Bertz CT molecular complexity index is 1400. The fraction of sp³-hybridized carbons (Fsp3) is 0.120. The Kier molecular flexibility index (Phi) is 5.33. The van der Waals surface area contributed by atoms with Gasteiger partial charge in [0.2, 0.25) is 0 Å². The summed E-state index contributed by atoms with van der Waals surface area (Å²) in [6, 6.07) is 18.1. The maximum Gasteiger partial charge on any atom is 0.143 e. The fourth-order valence-electron chi connectivity index (χ4n) is 3.88. The van der Waals surface area contributed by atoms with Gasteiger partial charge in [-0.3, -0.25) is 4.98 Å². The Morgan fingerprint density at radius 2 is 1.61 bits per heavy atom. The van der Waals surface area contributed by atoms with Gasteiger partial charge in [0, 0.05) is 22.0 Å². The average molecular weight is 422 g/mol. The van der Waals surface area contributed by atoms with Gasteiger partial charge >= 0.3 is 0 Å². The zero-order valence-electron chi connectivity index (χ0n) is 17.4. The summed E-state index contributed by atoms with van der Waals surface area (Å²) in [5.74, 6) is 0.113. The van der Waals surface area contributed by atoms with Crippen LogP contribution in [0.25, 0.3) is 22.0 Å². The van der Waals surface area contributed by atoms with E-state index in [1.54, 1.807) is 6.20 Å². The van der Waals surface area contributed by atoms with Crippen molar-refractivity contribution in [3.8, 4) is 23.3 Å². The number of rotatable bonds is 3. The van der Waals surface area contributed by atoms with E-state index in [1.165, 1.54) is 17.3 Å². The van der Waals surface area contributed by atoms with Crippen molar-refractivity contribution in [1.82, 2.24) is 9.97 Å². The number of anilines is 1. The van der Waals surface area contributed by atoms with Crippen molar-refractivity contribution in [2.24, 2.45) is 0 Å². The molecule has 0 fully saturated rings. The van der Waals surface area contributed by atoms with Crippen LogP contribution in [0.1, 0.15) is 27.8 Å². The smallest absolute Gasteiger partial charge is 0.143 e. The van der Waals surface area contributed by atoms with E-state index < -0.39 is 0 Å². The molecule has 150 valence electrons. The Hall–Kier alpha value is -3.87. The van der Waals surface area contributed by atoms with Crippen LogP contribution >= 0.6 is 11.8 Å². The maximum atomic E-state index is 10.1. The van der Waals surface area contributed by atoms with E-state index in [1.807, 2.05) is 44.2 Å². The number of hydrogen-bond donors (Lipinski definition) is 1. The third kappa shape index (κ3) is 3.59. The van der Waals surface area contributed by atoms with Crippen LogP contribution in [0, 0.1) is 43.4 Å². The molecule has 0 aliphatic heterocycles. The van der Waals surface area contributed by atoms with E-state index in [-0.39, 0.29) is 11.4 Å². The van der Waals surface area contributed by atoms with Crippen molar-refractivity contribution in [2.75, 3.05) is 5.73 Å². The SMILES string of the molecule is Cc1cc(C)c(Sc2nc(N)c(C#N)c(-c3ccnc4ccccc34)c2C#N)c(C)c1. The summed E-state index contributed by atoms with van der Waals surface area (Å²) in [5, 5.41) is 21.3. The summed E-state index contributed by atoms with van der Waals surface area (Å²) in [5.41, 5.74) is 12.2. The molecule has 0 bridgehead atoms. The van der Waals surface area contributed by atoms with Crippen LogP contribution in [-0.4, -0.2) is 9.97 Å². The highest BCUT2D eigenvalue weighted by atomic mass is 32.2. The standard InChI is InChI=1S/C25H19N5S/c1-14-10-15(2)23(16(3)11-14)31-25-20(13-27)22(19(12-26)24(28)30-25)18-8-9-29-21-7-5-4-6-17(18)21/h4-11H,1-3H3,(H2,28,30). The monoisotopic (exact) mass is 421 g/mol. The van der Waals surface area contributed by atoms with Crippen LogP contribution < -0.4 is 5.73 Å². The molecule has 31 heavy (non-hydrogen) atoms. The third-order valence-corrected chi connectivity index (χ3v) is 6.47. The topological polar surface area (TPSA) is 99.4 Å². The normalized spacial score (nSPS) is 10.6. The van der Waals surface area contributed by atoms with E-state index in [4.69, 9.17) is 5.73 Å². The van der Waals surface area contributed by atoms with Crippen LogP contribution in [0.2, 0.25) is 0 Å². The predicted octanol–water partition coefficient (Wildman–Crippen LogP) is 5.70. The van der Waals surface area contributed by atoms with Gasteiger partial charge in [0.15, 0.2) is 0 Å². The van der Waals surface area contributed by atoms with Gasteiger partial charge in [0.05, 0.1) is 11.1 Å². The number of aryl methyl sites for hydroxylation is 3. The lowest BCUT2D eigenvalue weighted by molar-refractivity contribution is 1.10. The number of hydrogen-bond acceptors (Lipinski definition) is 6. The van der Waals surface area contributed by atoms with Crippen LogP contribution in [-0.2, 0) is 0 Å². The second kappa shape index (κ2) is 8.10. The quantitative estimate of drug-likeness (QED) is 0.455. The minimum Gasteiger partial charge on any atom is -0.383 e. The molecule has 6 heteroatoms.